The van der Waals surface area contributed by atoms with Crippen molar-refractivity contribution in [3.63, 3.8) is 0 Å². The highest BCUT2D eigenvalue weighted by molar-refractivity contribution is 6.30. The van der Waals surface area contributed by atoms with Crippen molar-refractivity contribution in [2.45, 2.75) is 31.4 Å². The predicted octanol–water partition coefficient (Wildman–Crippen LogP) is 4.84. The number of ether oxygens (including phenoxy) is 1. The quantitative estimate of drug-likeness (QED) is 0.853. The van der Waals surface area contributed by atoms with Crippen LogP contribution in [0.1, 0.15) is 29.9 Å². The molecule has 0 saturated heterocycles. The molecule has 2 nitrogen and oxygen atoms in total. The molecular formula is C18H20ClNO. The lowest BCUT2D eigenvalue weighted by Crippen LogP contribution is -2.34. The number of hydrogen-bond acceptors (Lipinski definition) is 2. The highest BCUT2D eigenvalue weighted by atomic mass is 35.5. The molecule has 3 heteroatoms. The average Bonchev–Trinajstić information content (AvgIpc) is 2.46. The van der Waals surface area contributed by atoms with Gasteiger partial charge in [-0.1, -0.05) is 41.9 Å². The first-order valence-electron chi connectivity index (χ1n) is 7.35. The lowest BCUT2D eigenvalue weighted by molar-refractivity contribution is 0.185. The molecule has 1 fully saturated rings. The van der Waals surface area contributed by atoms with Crippen molar-refractivity contribution in [3.8, 4) is 0 Å². The van der Waals surface area contributed by atoms with Crippen LogP contribution in [0.15, 0.2) is 48.5 Å². The summed E-state index contributed by atoms with van der Waals surface area (Å²) in [5.41, 5.74) is 3.80. The fourth-order valence-corrected chi connectivity index (χ4v) is 3.03. The summed E-state index contributed by atoms with van der Waals surface area (Å²) in [6.07, 6.45) is 2.34. The van der Waals surface area contributed by atoms with Crippen molar-refractivity contribution in [2.75, 3.05) is 12.4 Å². The average molecular weight is 302 g/mol. The fourth-order valence-electron chi connectivity index (χ4n) is 2.91. The van der Waals surface area contributed by atoms with Crippen molar-refractivity contribution in [2.24, 2.45) is 0 Å². The van der Waals surface area contributed by atoms with E-state index in [4.69, 9.17) is 16.3 Å². The van der Waals surface area contributed by atoms with Crippen molar-refractivity contribution >= 4 is 17.3 Å². The molecule has 0 atom stereocenters. The smallest absolute Gasteiger partial charge is 0.0733 e. The topological polar surface area (TPSA) is 21.3 Å². The van der Waals surface area contributed by atoms with Crippen molar-refractivity contribution in [1.29, 1.82) is 0 Å². The first kappa shape index (κ1) is 14.4. The van der Waals surface area contributed by atoms with Gasteiger partial charge in [0.2, 0.25) is 0 Å². The van der Waals surface area contributed by atoms with Gasteiger partial charge >= 0.3 is 0 Å². The van der Waals surface area contributed by atoms with Crippen LogP contribution >= 0.6 is 11.6 Å². The molecule has 1 aliphatic rings. The Morgan fingerprint density at radius 3 is 2.52 bits per heavy atom. The zero-order valence-corrected chi connectivity index (χ0v) is 12.9. The lowest BCUT2D eigenvalue weighted by Gasteiger charge is -2.37. The maximum Gasteiger partial charge on any atom is 0.0733 e. The number of benzene rings is 2. The van der Waals surface area contributed by atoms with Gasteiger partial charge in [-0.25, -0.2) is 0 Å². The van der Waals surface area contributed by atoms with Gasteiger partial charge in [-0.2, -0.15) is 0 Å². The van der Waals surface area contributed by atoms with E-state index in [1.165, 1.54) is 29.7 Å². The summed E-state index contributed by atoms with van der Waals surface area (Å²) in [5, 5.41) is 4.44. The molecule has 0 aliphatic heterocycles. The number of para-hydroxylation sites is 1. The SMILES string of the molecule is COCc1ccccc1NC1CC(c2ccc(Cl)cc2)C1. The fraction of sp³-hybridized carbons (Fsp3) is 0.333. The molecule has 0 bridgehead atoms. The number of anilines is 1. The van der Waals surface area contributed by atoms with E-state index in [0.29, 0.717) is 18.6 Å². The minimum atomic E-state index is 0.545. The van der Waals surface area contributed by atoms with E-state index in [2.05, 4.69) is 41.7 Å². The molecule has 110 valence electrons. The van der Waals surface area contributed by atoms with E-state index in [9.17, 15) is 0 Å². The normalized spacial score (nSPS) is 20.9. The second-order valence-electron chi connectivity index (χ2n) is 5.65. The Morgan fingerprint density at radius 1 is 1.10 bits per heavy atom. The second-order valence-corrected chi connectivity index (χ2v) is 6.09. The van der Waals surface area contributed by atoms with Gasteiger partial charge in [0.15, 0.2) is 0 Å². The van der Waals surface area contributed by atoms with Gasteiger partial charge in [0.25, 0.3) is 0 Å². The lowest BCUT2D eigenvalue weighted by atomic mass is 9.76. The molecular weight excluding hydrogens is 282 g/mol. The Labute approximate surface area is 131 Å². The zero-order chi connectivity index (χ0) is 14.7. The Kier molecular flexibility index (Phi) is 4.47. The second kappa shape index (κ2) is 6.50. The highest BCUT2D eigenvalue weighted by Gasteiger charge is 2.30. The summed E-state index contributed by atoms with van der Waals surface area (Å²) in [6.45, 7) is 0.649. The van der Waals surface area contributed by atoms with Crippen LogP contribution < -0.4 is 5.32 Å². The first-order valence-corrected chi connectivity index (χ1v) is 7.73. The number of halogens is 1. The molecule has 1 saturated carbocycles. The molecule has 0 heterocycles. The van der Waals surface area contributed by atoms with Crippen LogP contribution in [0.3, 0.4) is 0 Å². The molecule has 2 aromatic carbocycles. The largest absolute Gasteiger partial charge is 0.382 e. The van der Waals surface area contributed by atoms with Gasteiger partial charge in [0, 0.05) is 29.4 Å². The third kappa shape index (κ3) is 3.39. The summed E-state index contributed by atoms with van der Waals surface area (Å²) >= 11 is 5.94. The van der Waals surface area contributed by atoms with E-state index in [1.54, 1.807) is 7.11 Å². The summed E-state index contributed by atoms with van der Waals surface area (Å²) < 4.78 is 5.25. The summed E-state index contributed by atoms with van der Waals surface area (Å²) in [7, 11) is 1.73. The van der Waals surface area contributed by atoms with Gasteiger partial charge in [0.05, 0.1) is 6.61 Å². The number of nitrogens with one attached hydrogen (secondary N) is 1. The van der Waals surface area contributed by atoms with E-state index in [1.807, 2.05) is 12.1 Å². The van der Waals surface area contributed by atoms with Crippen LogP contribution in [-0.2, 0) is 11.3 Å². The maximum atomic E-state index is 5.94. The summed E-state index contributed by atoms with van der Waals surface area (Å²) in [6, 6.07) is 17.1. The van der Waals surface area contributed by atoms with Crippen LogP contribution in [0.5, 0.6) is 0 Å². The van der Waals surface area contributed by atoms with Crippen molar-refractivity contribution in [3.05, 3.63) is 64.7 Å². The van der Waals surface area contributed by atoms with Gasteiger partial charge in [-0.3, -0.25) is 0 Å². The number of rotatable bonds is 5. The van der Waals surface area contributed by atoms with Gasteiger partial charge in [-0.15, -0.1) is 0 Å². The molecule has 21 heavy (non-hydrogen) atoms. The monoisotopic (exact) mass is 301 g/mol. The van der Waals surface area contributed by atoms with E-state index in [-0.39, 0.29) is 0 Å². The van der Waals surface area contributed by atoms with Crippen LogP contribution in [-0.4, -0.2) is 13.2 Å². The maximum absolute atomic E-state index is 5.94. The standard InChI is InChI=1S/C18H20ClNO/c1-21-12-14-4-2-3-5-18(14)20-17-10-15(11-17)13-6-8-16(19)9-7-13/h2-9,15,17,20H,10-12H2,1H3. The van der Waals surface area contributed by atoms with Crippen LogP contribution in [0.25, 0.3) is 0 Å². The highest BCUT2D eigenvalue weighted by Crippen LogP contribution is 2.39. The van der Waals surface area contributed by atoms with Crippen molar-refractivity contribution in [1.82, 2.24) is 0 Å². The molecule has 1 N–H and O–H groups in total. The molecule has 2 aromatic rings. The Balaban J connectivity index is 1.58. The van der Waals surface area contributed by atoms with Crippen LogP contribution in [0.4, 0.5) is 5.69 Å². The van der Waals surface area contributed by atoms with Gasteiger partial charge in [0.1, 0.15) is 0 Å². The van der Waals surface area contributed by atoms with E-state index >= 15 is 0 Å². The van der Waals surface area contributed by atoms with Crippen molar-refractivity contribution < 1.29 is 4.74 Å². The molecule has 0 unspecified atom stereocenters. The third-order valence-corrected chi connectivity index (χ3v) is 4.41. The minimum absolute atomic E-state index is 0.545. The zero-order valence-electron chi connectivity index (χ0n) is 12.2. The first-order chi connectivity index (χ1) is 10.3. The molecule has 0 aromatic heterocycles. The Morgan fingerprint density at radius 2 is 1.81 bits per heavy atom. The number of hydrogen-bond donors (Lipinski definition) is 1. The van der Waals surface area contributed by atoms with Crippen LogP contribution in [0, 0.1) is 0 Å². The van der Waals surface area contributed by atoms with Gasteiger partial charge in [-0.05, 0) is 42.5 Å². The van der Waals surface area contributed by atoms with E-state index in [0.717, 1.165) is 5.02 Å². The minimum Gasteiger partial charge on any atom is -0.382 e. The molecule has 1 aliphatic carbocycles. The predicted molar refractivity (Wildman–Crippen MR) is 88.0 cm³/mol. The molecule has 0 radical (unpaired) electrons. The summed E-state index contributed by atoms with van der Waals surface area (Å²) in [5.74, 6) is 0.648. The number of methoxy groups -OCH3 is 1. The Bertz CT molecular complexity index is 590. The molecule has 3 rings (SSSR count). The summed E-state index contributed by atoms with van der Waals surface area (Å²) in [4.78, 5) is 0. The Hall–Kier alpha value is -1.51. The van der Waals surface area contributed by atoms with Gasteiger partial charge < -0.3 is 10.1 Å². The molecule has 0 spiro atoms. The van der Waals surface area contributed by atoms with E-state index < -0.39 is 0 Å². The third-order valence-electron chi connectivity index (χ3n) is 4.16. The van der Waals surface area contributed by atoms with Crippen LogP contribution in [0.2, 0.25) is 5.02 Å². The molecule has 0 amide bonds.